The molecule has 6 heteroatoms. The van der Waals surface area contributed by atoms with E-state index < -0.39 is 0 Å². The number of aromatic nitrogens is 2. The summed E-state index contributed by atoms with van der Waals surface area (Å²) < 4.78 is 4.03. The van der Waals surface area contributed by atoms with Crippen LogP contribution in [0.3, 0.4) is 0 Å². The van der Waals surface area contributed by atoms with Gasteiger partial charge in [0, 0.05) is 38.8 Å². The highest BCUT2D eigenvalue weighted by Gasteiger charge is 2.23. The molecular weight excluding hydrogens is 312 g/mol. The predicted octanol–water partition coefficient (Wildman–Crippen LogP) is -2.03. The van der Waals surface area contributed by atoms with E-state index in [0.29, 0.717) is 6.54 Å². The summed E-state index contributed by atoms with van der Waals surface area (Å²) in [5.74, 6) is 1.29. The number of hydrogen-bond acceptors (Lipinski definition) is 2. The highest BCUT2D eigenvalue weighted by Crippen LogP contribution is 2.15. The van der Waals surface area contributed by atoms with Crippen LogP contribution in [-0.2, 0) is 18.4 Å². The Hall–Kier alpha value is -2.01. The fraction of sp³-hybridized carbons (Fsp3) is 0.412. The van der Waals surface area contributed by atoms with Crippen LogP contribution in [0.1, 0.15) is 5.82 Å². The fourth-order valence-corrected chi connectivity index (χ4v) is 2.86. The first kappa shape index (κ1) is 17.3. The molecular formula is C17H23ClN4O. The Morgan fingerprint density at radius 3 is 2.35 bits per heavy atom. The van der Waals surface area contributed by atoms with Gasteiger partial charge >= 0.3 is 0 Å². The molecule has 0 unspecified atom stereocenters. The molecule has 0 radical (unpaired) electrons. The number of imidazole rings is 1. The Bertz CT molecular complexity index is 648. The summed E-state index contributed by atoms with van der Waals surface area (Å²) in [4.78, 5) is 16.8. The van der Waals surface area contributed by atoms with Crippen molar-refractivity contribution >= 4 is 11.6 Å². The van der Waals surface area contributed by atoms with Gasteiger partial charge in [-0.25, -0.2) is 9.13 Å². The Morgan fingerprint density at radius 2 is 1.78 bits per heavy atom. The second-order valence-corrected chi connectivity index (χ2v) is 5.79. The lowest BCUT2D eigenvalue weighted by Gasteiger charge is -2.35. The van der Waals surface area contributed by atoms with Crippen LogP contribution in [-0.4, -0.2) is 41.6 Å². The number of piperazine rings is 1. The first-order valence-electron chi connectivity index (χ1n) is 7.74. The van der Waals surface area contributed by atoms with E-state index in [1.165, 1.54) is 5.69 Å². The number of aryl methyl sites for hydroxylation is 1. The highest BCUT2D eigenvalue weighted by atomic mass is 35.5. The van der Waals surface area contributed by atoms with Crippen molar-refractivity contribution in [2.24, 2.45) is 7.05 Å². The van der Waals surface area contributed by atoms with Crippen molar-refractivity contribution in [3.63, 3.8) is 0 Å². The third-order valence-corrected chi connectivity index (χ3v) is 4.46. The number of carbonyl (C=O) groups is 1. The Balaban J connectivity index is 0.00000192. The topological polar surface area (TPSA) is 32.4 Å². The number of halogens is 1. The molecule has 1 aromatic carbocycles. The predicted molar refractivity (Wildman–Crippen MR) is 85.6 cm³/mol. The minimum Gasteiger partial charge on any atom is -1.00 e. The van der Waals surface area contributed by atoms with Gasteiger partial charge in [-0.1, -0.05) is 18.2 Å². The summed E-state index contributed by atoms with van der Waals surface area (Å²) >= 11 is 0. The monoisotopic (exact) mass is 334 g/mol. The summed E-state index contributed by atoms with van der Waals surface area (Å²) in [6, 6.07) is 10.4. The van der Waals surface area contributed by atoms with Crippen molar-refractivity contribution < 1.29 is 21.8 Å². The van der Waals surface area contributed by atoms with Gasteiger partial charge < -0.3 is 22.2 Å². The van der Waals surface area contributed by atoms with Gasteiger partial charge in [-0.05, 0) is 12.1 Å². The van der Waals surface area contributed by atoms with Gasteiger partial charge in [0.25, 0.3) is 11.7 Å². The molecule has 1 amide bonds. The molecule has 3 rings (SSSR count). The van der Waals surface area contributed by atoms with Crippen molar-refractivity contribution in [2.45, 2.75) is 13.5 Å². The number of para-hydroxylation sites is 1. The summed E-state index contributed by atoms with van der Waals surface area (Å²) in [5, 5.41) is 0. The summed E-state index contributed by atoms with van der Waals surface area (Å²) in [5.41, 5.74) is 1.24. The Morgan fingerprint density at radius 1 is 1.13 bits per heavy atom. The smallest absolute Gasteiger partial charge is 0.264 e. The molecule has 5 nitrogen and oxygen atoms in total. The van der Waals surface area contributed by atoms with Gasteiger partial charge in [-0.15, -0.1) is 0 Å². The number of carbonyl (C=O) groups excluding carboxylic acids is 1. The summed E-state index contributed by atoms with van der Waals surface area (Å²) in [6.45, 7) is 5.83. The average molecular weight is 335 g/mol. The van der Waals surface area contributed by atoms with Crippen LogP contribution < -0.4 is 21.9 Å². The van der Waals surface area contributed by atoms with E-state index in [1.807, 2.05) is 46.5 Å². The van der Waals surface area contributed by atoms with E-state index in [1.54, 1.807) is 0 Å². The first-order valence-corrected chi connectivity index (χ1v) is 7.74. The maximum Gasteiger partial charge on any atom is 0.264 e. The first-order chi connectivity index (χ1) is 10.6. The van der Waals surface area contributed by atoms with Crippen molar-refractivity contribution in [3.8, 4) is 0 Å². The molecule has 0 atom stereocenters. The quantitative estimate of drug-likeness (QED) is 0.607. The minimum absolute atomic E-state index is 0. The van der Waals surface area contributed by atoms with Crippen LogP contribution in [0.4, 0.5) is 5.69 Å². The SMILES string of the molecule is Cc1n(CC(=O)N2CCN(c3ccccc3)CC2)cc[n+]1C.[Cl-]. The molecule has 2 heterocycles. The average Bonchev–Trinajstić information content (AvgIpc) is 2.88. The van der Waals surface area contributed by atoms with E-state index in [-0.39, 0.29) is 18.3 Å². The fourth-order valence-electron chi connectivity index (χ4n) is 2.86. The molecule has 1 aliphatic heterocycles. The Kier molecular flexibility index (Phi) is 5.66. The molecule has 0 aliphatic carbocycles. The number of hydrogen-bond donors (Lipinski definition) is 0. The molecule has 1 aromatic heterocycles. The number of nitrogens with zero attached hydrogens (tertiary/aromatic N) is 4. The molecule has 1 saturated heterocycles. The van der Waals surface area contributed by atoms with Gasteiger partial charge in [0.1, 0.15) is 12.4 Å². The van der Waals surface area contributed by atoms with Crippen LogP contribution in [0.25, 0.3) is 0 Å². The lowest BCUT2D eigenvalue weighted by Crippen LogP contribution is -3.00. The van der Waals surface area contributed by atoms with Gasteiger partial charge in [0.2, 0.25) is 0 Å². The van der Waals surface area contributed by atoms with Crippen molar-refractivity contribution in [3.05, 3.63) is 48.5 Å². The third-order valence-electron chi connectivity index (χ3n) is 4.46. The van der Waals surface area contributed by atoms with Gasteiger partial charge in [0.15, 0.2) is 6.54 Å². The second kappa shape index (κ2) is 7.51. The zero-order chi connectivity index (χ0) is 15.5. The zero-order valence-electron chi connectivity index (χ0n) is 13.7. The molecule has 0 bridgehead atoms. The standard InChI is InChI=1S/C17H23N4O.ClH/c1-15-18(2)8-9-21(15)14-17(22)20-12-10-19(11-13-20)16-6-4-3-5-7-16;/h3-9H,10-14H2,1-2H3;1H/q+1;/p-1. The van der Waals surface area contributed by atoms with Crippen molar-refractivity contribution in [2.75, 3.05) is 31.1 Å². The van der Waals surface area contributed by atoms with E-state index in [9.17, 15) is 4.79 Å². The number of amides is 1. The molecule has 0 N–H and O–H groups in total. The molecule has 124 valence electrons. The highest BCUT2D eigenvalue weighted by molar-refractivity contribution is 5.76. The van der Waals surface area contributed by atoms with Crippen LogP contribution in [0.15, 0.2) is 42.7 Å². The van der Waals surface area contributed by atoms with E-state index >= 15 is 0 Å². The number of rotatable bonds is 3. The second-order valence-electron chi connectivity index (χ2n) is 5.79. The van der Waals surface area contributed by atoms with Crippen LogP contribution >= 0.6 is 0 Å². The van der Waals surface area contributed by atoms with Crippen molar-refractivity contribution in [1.29, 1.82) is 0 Å². The molecule has 0 spiro atoms. The van der Waals surface area contributed by atoms with E-state index in [0.717, 1.165) is 32.0 Å². The van der Waals surface area contributed by atoms with E-state index in [2.05, 4.69) is 29.2 Å². The minimum atomic E-state index is 0. The molecule has 1 aliphatic rings. The number of benzene rings is 1. The molecule has 1 fully saturated rings. The lowest BCUT2D eigenvalue weighted by atomic mass is 10.2. The lowest BCUT2D eigenvalue weighted by molar-refractivity contribution is -0.677. The van der Waals surface area contributed by atoms with Gasteiger partial charge in [-0.3, -0.25) is 4.79 Å². The maximum absolute atomic E-state index is 12.4. The van der Waals surface area contributed by atoms with Gasteiger partial charge in [-0.2, -0.15) is 0 Å². The van der Waals surface area contributed by atoms with Crippen LogP contribution in [0, 0.1) is 6.92 Å². The molecule has 2 aromatic rings. The van der Waals surface area contributed by atoms with Crippen LogP contribution in [0.5, 0.6) is 0 Å². The van der Waals surface area contributed by atoms with Gasteiger partial charge in [0.05, 0.1) is 7.05 Å². The number of anilines is 1. The van der Waals surface area contributed by atoms with Crippen LogP contribution in [0.2, 0.25) is 0 Å². The summed E-state index contributed by atoms with van der Waals surface area (Å²) in [6.07, 6.45) is 3.95. The Labute approximate surface area is 143 Å². The van der Waals surface area contributed by atoms with E-state index in [4.69, 9.17) is 0 Å². The zero-order valence-corrected chi connectivity index (χ0v) is 14.4. The molecule has 23 heavy (non-hydrogen) atoms. The maximum atomic E-state index is 12.4. The normalized spacial score (nSPS) is 14.5. The largest absolute Gasteiger partial charge is 1.00 e. The molecule has 0 saturated carbocycles. The third kappa shape index (κ3) is 3.85. The van der Waals surface area contributed by atoms with Crippen molar-refractivity contribution in [1.82, 2.24) is 9.47 Å². The summed E-state index contributed by atoms with van der Waals surface area (Å²) in [7, 11) is 1.99.